The van der Waals surface area contributed by atoms with Crippen molar-refractivity contribution in [2.45, 2.75) is 12.5 Å². The molecule has 2 atom stereocenters. The quantitative estimate of drug-likeness (QED) is 0.767. The largest absolute Gasteiger partial charge is 0.382 e. The minimum Gasteiger partial charge on any atom is -0.382 e. The van der Waals surface area contributed by atoms with Gasteiger partial charge in [-0.05, 0) is 12.0 Å². The van der Waals surface area contributed by atoms with Gasteiger partial charge in [0.15, 0.2) is 0 Å². The number of rotatable bonds is 7. The Morgan fingerprint density at radius 3 is 2.86 bits per heavy atom. The first-order valence-corrected chi connectivity index (χ1v) is 7.38. The Morgan fingerprint density at radius 1 is 1.38 bits per heavy atom. The van der Waals surface area contributed by atoms with Gasteiger partial charge in [-0.25, -0.2) is 0 Å². The third kappa shape index (κ3) is 4.52. The van der Waals surface area contributed by atoms with E-state index in [1.165, 1.54) is 0 Å². The number of likely N-dealkylation sites (tertiary alicyclic amines) is 1. The number of hydrogen-bond donors (Lipinski definition) is 1. The van der Waals surface area contributed by atoms with Crippen LogP contribution in [0, 0.1) is 5.92 Å². The van der Waals surface area contributed by atoms with Gasteiger partial charge in [-0.2, -0.15) is 0 Å². The summed E-state index contributed by atoms with van der Waals surface area (Å²) in [4.78, 5) is 14.3. The van der Waals surface area contributed by atoms with E-state index < -0.39 is 6.04 Å². The molecule has 5 heteroatoms. The highest BCUT2D eigenvalue weighted by Crippen LogP contribution is 2.21. The van der Waals surface area contributed by atoms with Gasteiger partial charge in [0.05, 0.1) is 19.8 Å². The fourth-order valence-corrected chi connectivity index (χ4v) is 2.56. The number of methoxy groups -OCH3 is 1. The third-order valence-corrected chi connectivity index (χ3v) is 3.81. The maximum Gasteiger partial charge on any atom is 0.244 e. The van der Waals surface area contributed by atoms with Crippen LogP contribution in [0.1, 0.15) is 18.0 Å². The summed E-state index contributed by atoms with van der Waals surface area (Å²) in [6.07, 6.45) is 0.972. The van der Waals surface area contributed by atoms with E-state index in [1.54, 1.807) is 7.11 Å². The molecule has 2 rings (SSSR count). The molecule has 0 aromatic heterocycles. The molecular formula is C16H24N2O3. The molecule has 0 radical (unpaired) electrons. The van der Waals surface area contributed by atoms with Gasteiger partial charge in [-0.1, -0.05) is 30.3 Å². The molecule has 1 saturated heterocycles. The lowest BCUT2D eigenvalue weighted by Gasteiger charge is -2.21. The molecule has 1 aliphatic heterocycles. The smallest absolute Gasteiger partial charge is 0.244 e. The number of benzene rings is 1. The van der Waals surface area contributed by atoms with Crippen molar-refractivity contribution >= 4 is 5.91 Å². The molecule has 1 aliphatic rings. The third-order valence-electron chi connectivity index (χ3n) is 3.81. The molecule has 1 fully saturated rings. The lowest BCUT2D eigenvalue weighted by Crippen LogP contribution is -2.37. The Bertz CT molecular complexity index is 438. The van der Waals surface area contributed by atoms with Gasteiger partial charge in [0, 0.05) is 26.1 Å². The maximum absolute atomic E-state index is 12.4. The molecule has 21 heavy (non-hydrogen) atoms. The number of ether oxygens (including phenoxy) is 2. The summed E-state index contributed by atoms with van der Waals surface area (Å²) >= 11 is 0. The molecule has 0 spiro atoms. The Balaban J connectivity index is 1.79. The number of hydrogen-bond acceptors (Lipinski definition) is 4. The molecule has 1 aromatic rings. The van der Waals surface area contributed by atoms with Crippen LogP contribution in [0.4, 0.5) is 0 Å². The fourth-order valence-electron chi connectivity index (χ4n) is 2.56. The van der Waals surface area contributed by atoms with Crippen LogP contribution in [-0.4, -0.2) is 50.8 Å². The second-order valence-corrected chi connectivity index (χ2v) is 5.40. The van der Waals surface area contributed by atoms with Crippen LogP contribution < -0.4 is 5.73 Å². The van der Waals surface area contributed by atoms with Crippen LogP contribution in [0.3, 0.4) is 0 Å². The minimum atomic E-state index is -0.570. The van der Waals surface area contributed by atoms with Gasteiger partial charge in [-0.3, -0.25) is 4.79 Å². The van der Waals surface area contributed by atoms with E-state index in [0.29, 0.717) is 25.7 Å². The molecule has 0 bridgehead atoms. The minimum absolute atomic E-state index is 0.000548. The Kier molecular flexibility index (Phi) is 6.17. The van der Waals surface area contributed by atoms with Crippen molar-refractivity contribution in [3.05, 3.63) is 35.9 Å². The number of nitrogens with zero attached hydrogens (tertiary/aromatic N) is 1. The highest BCUT2D eigenvalue weighted by atomic mass is 16.5. The predicted molar refractivity (Wildman–Crippen MR) is 80.8 cm³/mol. The lowest BCUT2D eigenvalue weighted by atomic mass is 10.1. The Hall–Kier alpha value is -1.43. The zero-order valence-electron chi connectivity index (χ0n) is 12.5. The van der Waals surface area contributed by atoms with Crippen molar-refractivity contribution in [3.63, 3.8) is 0 Å². The summed E-state index contributed by atoms with van der Waals surface area (Å²) in [7, 11) is 1.66. The lowest BCUT2D eigenvalue weighted by molar-refractivity contribution is -0.131. The number of amides is 1. The SMILES string of the molecule is COCCOCC1CCN(C(=O)C(N)c2ccccc2)C1. The van der Waals surface area contributed by atoms with Gasteiger partial charge < -0.3 is 20.1 Å². The topological polar surface area (TPSA) is 64.8 Å². The molecule has 1 heterocycles. The van der Waals surface area contributed by atoms with E-state index in [9.17, 15) is 4.79 Å². The zero-order valence-corrected chi connectivity index (χ0v) is 12.5. The summed E-state index contributed by atoms with van der Waals surface area (Å²) in [5.41, 5.74) is 6.93. The average Bonchev–Trinajstić information content (AvgIpc) is 3.00. The molecular weight excluding hydrogens is 268 g/mol. The summed E-state index contributed by atoms with van der Waals surface area (Å²) in [6.45, 7) is 3.37. The van der Waals surface area contributed by atoms with E-state index in [2.05, 4.69) is 0 Å². The second kappa shape index (κ2) is 8.12. The molecule has 116 valence electrons. The molecule has 2 unspecified atom stereocenters. The van der Waals surface area contributed by atoms with Crippen LogP contribution in [0.15, 0.2) is 30.3 Å². The first-order chi connectivity index (χ1) is 10.2. The number of nitrogens with two attached hydrogens (primary N) is 1. The highest BCUT2D eigenvalue weighted by molar-refractivity contribution is 5.83. The van der Waals surface area contributed by atoms with E-state index >= 15 is 0 Å². The van der Waals surface area contributed by atoms with Crippen molar-refractivity contribution in [2.75, 3.05) is 40.0 Å². The first kappa shape index (κ1) is 15.9. The van der Waals surface area contributed by atoms with Crippen LogP contribution in [0.25, 0.3) is 0 Å². The molecule has 1 aromatic carbocycles. The fraction of sp³-hybridized carbons (Fsp3) is 0.562. The van der Waals surface area contributed by atoms with Gasteiger partial charge in [-0.15, -0.1) is 0 Å². The number of carbonyl (C=O) groups excluding carboxylic acids is 1. The summed E-state index contributed by atoms with van der Waals surface area (Å²) in [5, 5.41) is 0. The average molecular weight is 292 g/mol. The van der Waals surface area contributed by atoms with Crippen LogP contribution >= 0.6 is 0 Å². The van der Waals surface area contributed by atoms with Gasteiger partial charge in [0.25, 0.3) is 0 Å². The molecule has 2 N–H and O–H groups in total. The van der Waals surface area contributed by atoms with Crippen molar-refractivity contribution in [1.29, 1.82) is 0 Å². The second-order valence-electron chi connectivity index (χ2n) is 5.40. The van der Waals surface area contributed by atoms with Crippen LogP contribution in [-0.2, 0) is 14.3 Å². The molecule has 0 aliphatic carbocycles. The van der Waals surface area contributed by atoms with Crippen molar-refractivity contribution < 1.29 is 14.3 Å². The van der Waals surface area contributed by atoms with Crippen molar-refractivity contribution in [3.8, 4) is 0 Å². The van der Waals surface area contributed by atoms with Crippen LogP contribution in [0.5, 0.6) is 0 Å². The van der Waals surface area contributed by atoms with Gasteiger partial charge in [0.1, 0.15) is 6.04 Å². The summed E-state index contributed by atoms with van der Waals surface area (Å²) in [6, 6.07) is 8.94. The Labute approximate surface area is 126 Å². The summed E-state index contributed by atoms with van der Waals surface area (Å²) < 4.78 is 10.5. The summed E-state index contributed by atoms with van der Waals surface area (Å²) in [5.74, 6) is 0.398. The predicted octanol–water partition coefficient (Wildman–Crippen LogP) is 1.20. The zero-order chi connectivity index (χ0) is 15.1. The van der Waals surface area contributed by atoms with E-state index in [4.69, 9.17) is 15.2 Å². The molecule has 1 amide bonds. The van der Waals surface area contributed by atoms with Crippen molar-refractivity contribution in [1.82, 2.24) is 4.90 Å². The number of carbonyl (C=O) groups is 1. The monoisotopic (exact) mass is 292 g/mol. The van der Waals surface area contributed by atoms with Gasteiger partial charge >= 0.3 is 0 Å². The van der Waals surface area contributed by atoms with E-state index in [0.717, 1.165) is 25.1 Å². The first-order valence-electron chi connectivity index (χ1n) is 7.38. The molecule has 0 saturated carbocycles. The van der Waals surface area contributed by atoms with Gasteiger partial charge in [0.2, 0.25) is 5.91 Å². The standard InChI is InChI=1S/C16H24N2O3/c1-20-9-10-21-12-13-7-8-18(11-13)16(19)15(17)14-5-3-2-4-6-14/h2-6,13,15H,7-12,17H2,1H3. The Morgan fingerprint density at radius 2 is 2.14 bits per heavy atom. The van der Waals surface area contributed by atoms with E-state index in [-0.39, 0.29) is 5.91 Å². The van der Waals surface area contributed by atoms with Crippen LogP contribution in [0.2, 0.25) is 0 Å². The highest BCUT2D eigenvalue weighted by Gasteiger charge is 2.29. The molecule has 5 nitrogen and oxygen atoms in total. The normalized spacial score (nSPS) is 19.7. The van der Waals surface area contributed by atoms with E-state index in [1.807, 2.05) is 35.2 Å². The van der Waals surface area contributed by atoms with Crippen molar-refractivity contribution in [2.24, 2.45) is 11.7 Å². The maximum atomic E-state index is 12.4.